The molecule has 0 fully saturated rings. The van der Waals surface area contributed by atoms with Gasteiger partial charge in [0.1, 0.15) is 0 Å². The Labute approximate surface area is 197 Å². The lowest BCUT2D eigenvalue weighted by Gasteiger charge is -2.27. The molecule has 1 aliphatic heterocycles. The molecule has 0 atom stereocenters. The lowest BCUT2D eigenvalue weighted by Crippen LogP contribution is -2.51. The topological polar surface area (TPSA) is 127 Å². The van der Waals surface area contributed by atoms with Crippen LogP contribution in [0.5, 0.6) is 0 Å². The number of nitro benzene ring substituents is 1. The number of amides is 3. The van der Waals surface area contributed by atoms with Gasteiger partial charge in [-0.1, -0.05) is 42.5 Å². The van der Waals surface area contributed by atoms with E-state index < -0.39 is 22.6 Å². The minimum absolute atomic E-state index is 0.0315. The molecular formula is C26H15N3O6. The number of hydrogen-bond acceptors (Lipinski definition) is 6. The summed E-state index contributed by atoms with van der Waals surface area (Å²) in [7, 11) is 0. The van der Waals surface area contributed by atoms with Crippen LogP contribution in [0.25, 0.3) is 10.8 Å². The van der Waals surface area contributed by atoms with Gasteiger partial charge in [-0.05, 0) is 35.7 Å². The number of carbonyl (C=O) groups excluding carboxylic acids is 4. The molecule has 3 amide bonds. The van der Waals surface area contributed by atoms with Crippen molar-refractivity contribution in [1.82, 2.24) is 10.4 Å². The summed E-state index contributed by atoms with van der Waals surface area (Å²) >= 11 is 0. The fourth-order valence-electron chi connectivity index (χ4n) is 4.04. The Morgan fingerprint density at radius 1 is 0.743 bits per heavy atom. The largest absolute Gasteiger partial charge is 0.289 e. The number of ketones is 1. The molecule has 0 saturated carbocycles. The number of benzene rings is 4. The number of hydrazine groups is 1. The van der Waals surface area contributed by atoms with Crippen LogP contribution in [-0.4, -0.2) is 33.4 Å². The highest BCUT2D eigenvalue weighted by Gasteiger charge is 2.35. The normalized spacial score (nSPS) is 12.5. The first-order valence-electron chi connectivity index (χ1n) is 10.5. The maximum atomic E-state index is 13.2. The van der Waals surface area contributed by atoms with Gasteiger partial charge in [0.25, 0.3) is 23.4 Å². The van der Waals surface area contributed by atoms with E-state index in [-0.39, 0.29) is 28.2 Å². The van der Waals surface area contributed by atoms with E-state index in [0.29, 0.717) is 26.9 Å². The molecule has 9 heteroatoms. The summed E-state index contributed by atoms with van der Waals surface area (Å²) in [6, 6.07) is 21.2. The van der Waals surface area contributed by atoms with Crippen molar-refractivity contribution >= 4 is 40.0 Å². The molecule has 1 N–H and O–H groups in total. The molecule has 1 aliphatic rings. The molecule has 1 heterocycles. The monoisotopic (exact) mass is 465 g/mol. The maximum absolute atomic E-state index is 13.2. The molecular weight excluding hydrogens is 450 g/mol. The van der Waals surface area contributed by atoms with Crippen molar-refractivity contribution in [2.45, 2.75) is 0 Å². The highest BCUT2D eigenvalue weighted by Crippen LogP contribution is 2.32. The van der Waals surface area contributed by atoms with E-state index in [2.05, 4.69) is 5.43 Å². The molecule has 0 unspecified atom stereocenters. The van der Waals surface area contributed by atoms with Crippen LogP contribution in [0.1, 0.15) is 47.0 Å². The molecule has 0 saturated heterocycles. The molecule has 0 radical (unpaired) electrons. The van der Waals surface area contributed by atoms with Crippen LogP contribution in [0.15, 0.2) is 84.9 Å². The van der Waals surface area contributed by atoms with Crippen molar-refractivity contribution < 1.29 is 24.1 Å². The maximum Gasteiger partial charge on any atom is 0.280 e. The molecule has 4 aromatic rings. The summed E-state index contributed by atoms with van der Waals surface area (Å²) < 4.78 is 0. The van der Waals surface area contributed by atoms with Crippen molar-refractivity contribution in [3.63, 3.8) is 0 Å². The lowest BCUT2D eigenvalue weighted by molar-refractivity contribution is -0.384. The van der Waals surface area contributed by atoms with Gasteiger partial charge in [-0.25, -0.2) is 0 Å². The molecule has 5 rings (SSSR count). The number of nitro groups is 1. The van der Waals surface area contributed by atoms with Gasteiger partial charge in [0, 0.05) is 34.2 Å². The molecule has 170 valence electrons. The number of nitrogens with zero attached hydrogens (tertiary/aromatic N) is 2. The zero-order chi connectivity index (χ0) is 24.7. The average Bonchev–Trinajstić information content (AvgIpc) is 2.89. The third-order valence-electron chi connectivity index (χ3n) is 5.74. The second-order valence-electron chi connectivity index (χ2n) is 7.77. The Morgan fingerprint density at radius 3 is 2.06 bits per heavy atom. The van der Waals surface area contributed by atoms with Crippen LogP contribution in [0.2, 0.25) is 0 Å². The predicted octanol–water partition coefficient (Wildman–Crippen LogP) is 3.92. The van der Waals surface area contributed by atoms with E-state index in [1.54, 1.807) is 42.5 Å². The fourth-order valence-corrected chi connectivity index (χ4v) is 4.04. The Bertz CT molecular complexity index is 1540. The highest BCUT2D eigenvalue weighted by molar-refractivity contribution is 6.29. The Hall–Kier alpha value is -5.18. The Balaban J connectivity index is 1.51. The van der Waals surface area contributed by atoms with Crippen LogP contribution in [0, 0.1) is 10.1 Å². The van der Waals surface area contributed by atoms with E-state index in [1.165, 1.54) is 30.3 Å². The van der Waals surface area contributed by atoms with E-state index in [1.807, 2.05) is 0 Å². The molecule has 9 nitrogen and oxygen atoms in total. The average molecular weight is 465 g/mol. The minimum atomic E-state index is -0.784. The van der Waals surface area contributed by atoms with Crippen molar-refractivity contribution in [2.75, 3.05) is 0 Å². The number of imide groups is 1. The molecule has 0 aromatic heterocycles. The Kier molecular flexibility index (Phi) is 5.14. The standard InChI is InChI=1S/C26H15N3O6/c30-23(15-5-2-1-3-6-15)19-13-14-21-22-18(19)7-4-8-20(22)25(32)28(26(21)33)27-24(31)16-9-11-17(12-10-16)29(34)35/h1-14H,(H,27,31). The second kappa shape index (κ2) is 8.31. The first-order valence-corrected chi connectivity index (χ1v) is 10.5. The number of nitrogens with one attached hydrogen (secondary N) is 1. The van der Waals surface area contributed by atoms with Crippen molar-refractivity contribution in [3.8, 4) is 0 Å². The van der Waals surface area contributed by atoms with E-state index >= 15 is 0 Å². The van der Waals surface area contributed by atoms with Gasteiger partial charge in [0.2, 0.25) is 0 Å². The third-order valence-corrected chi connectivity index (χ3v) is 5.74. The molecule has 0 bridgehead atoms. The van der Waals surface area contributed by atoms with Crippen LogP contribution in [0.4, 0.5) is 5.69 Å². The van der Waals surface area contributed by atoms with Gasteiger partial charge in [-0.2, -0.15) is 5.01 Å². The summed E-state index contributed by atoms with van der Waals surface area (Å²) in [5.74, 6) is -2.54. The zero-order valence-corrected chi connectivity index (χ0v) is 17.9. The first-order chi connectivity index (χ1) is 16.9. The number of non-ortho nitro benzene ring substituents is 1. The SMILES string of the molecule is O=C(NN1C(=O)c2cccc3c(C(=O)c4ccccc4)ccc(c23)C1=O)c1ccc([N+](=O)[O-])cc1. The first kappa shape index (κ1) is 21.7. The number of rotatable bonds is 5. The minimum Gasteiger partial charge on any atom is -0.289 e. The van der Waals surface area contributed by atoms with Crippen LogP contribution in [0.3, 0.4) is 0 Å². The predicted molar refractivity (Wildman–Crippen MR) is 125 cm³/mol. The molecule has 35 heavy (non-hydrogen) atoms. The lowest BCUT2D eigenvalue weighted by atomic mass is 9.89. The Morgan fingerprint density at radius 2 is 1.40 bits per heavy atom. The van der Waals surface area contributed by atoms with Crippen LogP contribution < -0.4 is 5.43 Å². The van der Waals surface area contributed by atoms with E-state index in [9.17, 15) is 29.3 Å². The number of carbonyl (C=O) groups is 4. The smallest absolute Gasteiger partial charge is 0.280 e. The van der Waals surface area contributed by atoms with Crippen molar-refractivity contribution in [3.05, 3.63) is 123 Å². The summed E-state index contributed by atoms with van der Waals surface area (Å²) in [5.41, 5.74) is 3.25. The highest BCUT2D eigenvalue weighted by atomic mass is 16.6. The molecule has 0 spiro atoms. The third kappa shape index (κ3) is 3.61. The van der Waals surface area contributed by atoms with Gasteiger partial charge < -0.3 is 0 Å². The van der Waals surface area contributed by atoms with Gasteiger partial charge in [0.05, 0.1) is 16.1 Å². The van der Waals surface area contributed by atoms with Crippen molar-refractivity contribution in [2.24, 2.45) is 0 Å². The number of hydrogen-bond donors (Lipinski definition) is 1. The van der Waals surface area contributed by atoms with E-state index in [0.717, 1.165) is 12.1 Å². The summed E-state index contributed by atoms with van der Waals surface area (Å²) in [4.78, 5) is 62.4. The molecule has 4 aromatic carbocycles. The molecule has 0 aliphatic carbocycles. The van der Waals surface area contributed by atoms with Gasteiger partial charge in [-0.3, -0.25) is 34.7 Å². The van der Waals surface area contributed by atoms with E-state index in [4.69, 9.17) is 0 Å². The fraction of sp³-hybridized carbons (Fsp3) is 0. The van der Waals surface area contributed by atoms with Crippen LogP contribution in [-0.2, 0) is 0 Å². The second-order valence-corrected chi connectivity index (χ2v) is 7.77. The summed E-state index contributed by atoms with van der Waals surface area (Å²) in [6.45, 7) is 0. The quantitative estimate of drug-likeness (QED) is 0.206. The van der Waals surface area contributed by atoms with Gasteiger partial charge >= 0.3 is 0 Å². The van der Waals surface area contributed by atoms with Crippen LogP contribution >= 0.6 is 0 Å². The zero-order valence-electron chi connectivity index (χ0n) is 17.9. The summed E-state index contributed by atoms with van der Waals surface area (Å²) in [6.07, 6.45) is 0. The summed E-state index contributed by atoms with van der Waals surface area (Å²) in [5, 5.41) is 12.2. The van der Waals surface area contributed by atoms with Gasteiger partial charge in [0.15, 0.2) is 5.78 Å². The van der Waals surface area contributed by atoms with Gasteiger partial charge in [-0.15, -0.1) is 0 Å². The van der Waals surface area contributed by atoms with Crippen molar-refractivity contribution in [1.29, 1.82) is 0 Å².